The standard InChI is InChI=1S/C24H16Cl2N4O/c25-16-9-5-14(6-10-16)22-20-21(29-24-27-13-28-30(22)24)18-3-1-2-4-19(18)31-23(20)15-7-11-17(26)12-8-15/h1-13,22-23H,(H,27,28,29)/t22-,23-/m1/s1. The Labute approximate surface area is 188 Å². The van der Waals surface area contributed by atoms with Crippen molar-refractivity contribution in [1.82, 2.24) is 14.8 Å². The predicted octanol–water partition coefficient (Wildman–Crippen LogP) is 6.14. The molecule has 3 aromatic carbocycles. The number of benzene rings is 3. The Morgan fingerprint density at radius 1 is 0.839 bits per heavy atom. The van der Waals surface area contributed by atoms with E-state index in [1.54, 1.807) is 6.33 Å². The first kappa shape index (κ1) is 18.5. The highest BCUT2D eigenvalue weighted by molar-refractivity contribution is 6.30. The molecule has 0 radical (unpaired) electrons. The summed E-state index contributed by atoms with van der Waals surface area (Å²) < 4.78 is 8.46. The number of fused-ring (bicyclic) bond motifs is 3. The smallest absolute Gasteiger partial charge is 0.226 e. The van der Waals surface area contributed by atoms with Crippen LogP contribution < -0.4 is 10.1 Å². The van der Waals surface area contributed by atoms with Crippen LogP contribution in [-0.4, -0.2) is 14.8 Å². The van der Waals surface area contributed by atoms with Crippen LogP contribution in [0.4, 0.5) is 5.95 Å². The third-order valence-corrected chi connectivity index (χ3v) is 6.18. The highest BCUT2D eigenvalue weighted by Gasteiger charge is 2.40. The minimum Gasteiger partial charge on any atom is -0.480 e. The van der Waals surface area contributed by atoms with Crippen LogP contribution in [0.2, 0.25) is 10.0 Å². The van der Waals surface area contributed by atoms with Crippen molar-refractivity contribution in [1.29, 1.82) is 0 Å². The minimum atomic E-state index is -0.326. The summed E-state index contributed by atoms with van der Waals surface area (Å²) in [7, 11) is 0. The largest absolute Gasteiger partial charge is 0.480 e. The number of halogens is 2. The van der Waals surface area contributed by atoms with Gasteiger partial charge in [-0.05, 0) is 47.5 Å². The van der Waals surface area contributed by atoms with E-state index in [2.05, 4.69) is 21.5 Å². The van der Waals surface area contributed by atoms with Gasteiger partial charge >= 0.3 is 0 Å². The average molecular weight is 447 g/mol. The molecule has 1 N–H and O–H groups in total. The van der Waals surface area contributed by atoms with E-state index in [0.29, 0.717) is 16.0 Å². The fourth-order valence-electron chi connectivity index (χ4n) is 4.30. The van der Waals surface area contributed by atoms with E-state index in [4.69, 9.17) is 27.9 Å². The number of anilines is 1. The number of hydrogen-bond donors (Lipinski definition) is 1. The molecular weight excluding hydrogens is 431 g/mol. The van der Waals surface area contributed by atoms with Crippen molar-refractivity contribution >= 4 is 34.8 Å². The lowest BCUT2D eigenvalue weighted by Crippen LogP contribution is -2.32. The molecule has 7 heteroatoms. The molecule has 1 aromatic heterocycles. The van der Waals surface area contributed by atoms with Crippen LogP contribution in [0, 0.1) is 0 Å². The van der Waals surface area contributed by atoms with Crippen LogP contribution in [0.5, 0.6) is 5.75 Å². The number of nitrogens with one attached hydrogen (secondary N) is 1. The molecule has 0 spiro atoms. The average Bonchev–Trinajstić information content (AvgIpc) is 3.27. The molecule has 0 unspecified atom stereocenters. The number of aromatic nitrogens is 3. The molecule has 3 heterocycles. The van der Waals surface area contributed by atoms with Gasteiger partial charge < -0.3 is 10.1 Å². The van der Waals surface area contributed by atoms with Gasteiger partial charge in [-0.2, -0.15) is 10.1 Å². The highest BCUT2D eigenvalue weighted by atomic mass is 35.5. The summed E-state index contributed by atoms with van der Waals surface area (Å²) >= 11 is 12.3. The summed E-state index contributed by atoms with van der Waals surface area (Å²) in [4.78, 5) is 4.45. The topological polar surface area (TPSA) is 52.0 Å². The molecule has 0 amide bonds. The van der Waals surface area contributed by atoms with Gasteiger partial charge in [0.25, 0.3) is 0 Å². The SMILES string of the molecule is Clc1ccc([C@H]2Oc3ccccc3C3=C2[C@@H](c2ccc(Cl)cc2)n2ncnc2N3)cc1. The summed E-state index contributed by atoms with van der Waals surface area (Å²) in [5.41, 5.74) is 5.10. The van der Waals surface area contributed by atoms with Crippen molar-refractivity contribution in [3.63, 3.8) is 0 Å². The third kappa shape index (κ3) is 3.00. The number of rotatable bonds is 2. The Balaban J connectivity index is 1.62. The van der Waals surface area contributed by atoms with E-state index < -0.39 is 0 Å². The lowest BCUT2D eigenvalue weighted by molar-refractivity contribution is 0.223. The van der Waals surface area contributed by atoms with Gasteiger partial charge in [0.05, 0.1) is 5.70 Å². The van der Waals surface area contributed by atoms with Crippen LogP contribution in [0.3, 0.4) is 0 Å². The molecule has 4 aromatic rings. The van der Waals surface area contributed by atoms with E-state index in [1.165, 1.54) is 0 Å². The first-order chi connectivity index (χ1) is 15.2. The van der Waals surface area contributed by atoms with Gasteiger partial charge in [-0.1, -0.05) is 59.6 Å². The van der Waals surface area contributed by atoms with Crippen molar-refractivity contribution in [2.45, 2.75) is 12.1 Å². The zero-order valence-electron chi connectivity index (χ0n) is 16.2. The third-order valence-electron chi connectivity index (χ3n) is 5.68. The summed E-state index contributed by atoms with van der Waals surface area (Å²) in [6.07, 6.45) is 1.24. The highest BCUT2D eigenvalue weighted by Crippen LogP contribution is 2.50. The maximum Gasteiger partial charge on any atom is 0.226 e. The zero-order chi connectivity index (χ0) is 20.9. The number of ether oxygens (including phenoxy) is 1. The Bertz CT molecular complexity index is 1310. The van der Waals surface area contributed by atoms with E-state index in [9.17, 15) is 0 Å². The molecule has 0 saturated carbocycles. The molecular formula is C24H16Cl2N4O. The predicted molar refractivity (Wildman–Crippen MR) is 121 cm³/mol. The van der Waals surface area contributed by atoms with Crippen LogP contribution in [0.25, 0.3) is 5.70 Å². The molecule has 2 atom stereocenters. The maximum absolute atomic E-state index is 6.57. The number of nitrogens with zero attached hydrogens (tertiary/aromatic N) is 3. The van der Waals surface area contributed by atoms with Gasteiger partial charge in [0.2, 0.25) is 5.95 Å². The van der Waals surface area contributed by atoms with Crippen LogP contribution in [0.15, 0.2) is 84.7 Å². The van der Waals surface area contributed by atoms with Gasteiger partial charge in [-0.3, -0.25) is 0 Å². The Morgan fingerprint density at radius 2 is 1.52 bits per heavy atom. The Hall–Kier alpha value is -3.28. The molecule has 0 aliphatic carbocycles. The van der Waals surface area contributed by atoms with Crippen LogP contribution in [-0.2, 0) is 0 Å². The summed E-state index contributed by atoms with van der Waals surface area (Å²) in [5, 5.41) is 9.39. The van der Waals surface area contributed by atoms with Gasteiger partial charge in [0.15, 0.2) is 0 Å². The maximum atomic E-state index is 6.57. The van der Waals surface area contributed by atoms with E-state index in [1.807, 2.05) is 71.4 Å². The number of hydrogen-bond acceptors (Lipinski definition) is 4. The van der Waals surface area contributed by atoms with Crippen molar-refractivity contribution in [2.24, 2.45) is 0 Å². The second-order valence-electron chi connectivity index (χ2n) is 7.48. The quantitative estimate of drug-likeness (QED) is 0.401. The van der Waals surface area contributed by atoms with Crippen molar-refractivity contribution in [2.75, 3.05) is 5.32 Å². The van der Waals surface area contributed by atoms with Gasteiger partial charge in [-0.15, -0.1) is 0 Å². The summed E-state index contributed by atoms with van der Waals surface area (Å²) in [5.74, 6) is 1.50. The second-order valence-corrected chi connectivity index (χ2v) is 8.36. The minimum absolute atomic E-state index is 0.208. The normalized spacial score (nSPS) is 19.0. The first-order valence-corrected chi connectivity index (χ1v) is 10.6. The molecule has 152 valence electrons. The van der Waals surface area contributed by atoms with Crippen LogP contribution in [0.1, 0.15) is 28.8 Å². The fraction of sp³-hybridized carbons (Fsp3) is 0.0833. The molecule has 0 saturated heterocycles. The lowest BCUT2D eigenvalue weighted by atomic mass is 9.84. The Kier molecular flexibility index (Phi) is 4.26. The second kappa shape index (κ2) is 7.15. The summed E-state index contributed by atoms with van der Waals surface area (Å²) in [6.45, 7) is 0. The van der Waals surface area contributed by atoms with E-state index in [0.717, 1.165) is 33.7 Å². The van der Waals surface area contributed by atoms with Crippen molar-refractivity contribution < 1.29 is 4.74 Å². The molecule has 2 aliphatic heterocycles. The molecule has 31 heavy (non-hydrogen) atoms. The van der Waals surface area contributed by atoms with Gasteiger partial charge in [0.1, 0.15) is 24.2 Å². The van der Waals surface area contributed by atoms with E-state index in [-0.39, 0.29) is 12.1 Å². The molecule has 5 nitrogen and oxygen atoms in total. The molecule has 6 rings (SSSR count). The van der Waals surface area contributed by atoms with E-state index >= 15 is 0 Å². The van der Waals surface area contributed by atoms with Gasteiger partial charge in [-0.25, -0.2) is 4.68 Å². The summed E-state index contributed by atoms with van der Waals surface area (Å²) in [6, 6.07) is 23.4. The molecule has 0 fully saturated rings. The molecule has 2 aliphatic rings. The fourth-order valence-corrected chi connectivity index (χ4v) is 4.55. The zero-order valence-corrected chi connectivity index (χ0v) is 17.7. The monoisotopic (exact) mass is 446 g/mol. The van der Waals surface area contributed by atoms with Crippen molar-refractivity contribution in [3.05, 3.63) is 111 Å². The van der Waals surface area contributed by atoms with Crippen LogP contribution >= 0.6 is 23.2 Å². The first-order valence-electron chi connectivity index (χ1n) is 9.86. The molecule has 0 bridgehead atoms. The van der Waals surface area contributed by atoms with Crippen molar-refractivity contribution in [3.8, 4) is 5.75 Å². The number of para-hydroxylation sites is 1. The Morgan fingerprint density at radius 3 is 2.26 bits per heavy atom. The van der Waals surface area contributed by atoms with Gasteiger partial charge in [0, 0.05) is 21.2 Å². The lowest BCUT2D eigenvalue weighted by Gasteiger charge is -2.39.